The molecule has 0 fully saturated rings. The fourth-order valence-electron chi connectivity index (χ4n) is 2.84. The first-order valence-electron chi connectivity index (χ1n) is 8.30. The van der Waals surface area contributed by atoms with Gasteiger partial charge in [0.25, 0.3) is 0 Å². The minimum atomic E-state index is -0.353. The van der Waals surface area contributed by atoms with Crippen LogP contribution in [-0.2, 0) is 4.79 Å². The summed E-state index contributed by atoms with van der Waals surface area (Å²) in [5.74, 6) is 0.746. The zero-order valence-corrected chi connectivity index (χ0v) is 15.3. The Bertz CT molecular complexity index is 917. The van der Waals surface area contributed by atoms with Crippen molar-refractivity contribution in [1.29, 1.82) is 0 Å². The second-order valence-electron chi connectivity index (χ2n) is 5.95. The van der Waals surface area contributed by atoms with Crippen molar-refractivity contribution in [3.63, 3.8) is 0 Å². The molecule has 0 aliphatic heterocycles. The van der Waals surface area contributed by atoms with Crippen molar-refractivity contribution in [2.75, 3.05) is 11.9 Å². The third-order valence-corrected chi connectivity index (χ3v) is 4.73. The van der Waals surface area contributed by atoms with Crippen LogP contribution in [-0.4, -0.2) is 17.1 Å². The molecule has 1 atom stereocenters. The van der Waals surface area contributed by atoms with Gasteiger partial charge in [0, 0.05) is 27.8 Å². The maximum absolute atomic E-state index is 12.7. The van der Waals surface area contributed by atoms with Crippen LogP contribution in [0, 0.1) is 6.92 Å². The first kappa shape index (κ1) is 17.4. The highest BCUT2D eigenvalue weighted by atomic mass is 35.5. The van der Waals surface area contributed by atoms with E-state index in [1.807, 2.05) is 74.0 Å². The molecule has 1 unspecified atom stereocenters. The van der Waals surface area contributed by atoms with Crippen LogP contribution >= 0.6 is 11.6 Å². The molecular formula is C20H21ClN2O2. The molecule has 1 aromatic heterocycles. The number of anilines is 1. The molecule has 5 heteroatoms. The molecule has 3 rings (SSSR count). The smallest absolute Gasteiger partial charge is 0.247 e. The third-order valence-electron chi connectivity index (χ3n) is 4.33. The highest BCUT2D eigenvalue weighted by Crippen LogP contribution is 2.27. The van der Waals surface area contributed by atoms with Crippen molar-refractivity contribution < 1.29 is 9.53 Å². The van der Waals surface area contributed by atoms with Crippen LogP contribution in [0.4, 0.5) is 5.69 Å². The maximum atomic E-state index is 12.7. The molecule has 1 amide bonds. The molecule has 130 valence electrons. The van der Waals surface area contributed by atoms with E-state index in [9.17, 15) is 4.79 Å². The van der Waals surface area contributed by atoms with Gasteiger partial charge in [-0.2, -0.15) is 0 Å². The second kappa shape index (κ2) is 7.19. The average molecular weight is 357 g/mol. The molecule has 4 nitrogen and oxygen atoms in total. The van der Waals surface area contributed by atoms with Gasteiger partial charge < -0.3 is 14.6 Å². The Hall–Kier alpha value is -2.46. The van der Waals surface area contributed by atoms with Crippen molar-refractivity contribution in [1.82, 2.24) is 4.57 Å². The number of fused-ring (bicyclic) bond motifs is 1. The molecule has 0 spiro atoms. The van der Waals surface area contributed by atoms with Gasteiger partial charge in [0.1, 0.15) is 11.8 Å². The molecule has 3 aromatic rings. The molecule has 0 aliphatic rings. The van der Waals surface area contributed by atoms with Crippen molar-refractivity contribution in [3.05, 3.63) is 59.2 Å². The number of halogens is 1. The van der Waals surface area contributed by atoms with Gasteiger partial charge in [0.2, 0.25) is 5.91 Å². The molecule has 0 radical (unpaired) electrons. The lowest BCUT2D eigenvalue weighted by Crippen LogP contribution is -2.23. The summed E-state index contributed by atoms with van der Waals surface area (Å²) in [6.45, 7) is 6.36. The van der Waals surface area contributed by atoms with Crippen molar-refractivity contribution in [2.45, 2.75) is 26.8 Å². The Morgan fingerprint density at radius 2 is 2.08 bits per heavy atom. The first-order valence-corrected chi connectivity index (χ1v) is 8.68. The van der Waals surface area contributed by atoms with Gasteiger partial charge >= 0.3 is 0 Å². The van der Waals surface area contributed by atoms with Crippen LogP contribution in [0.3, 0.4) is 0 Å². The van der Waals surface area contributed by atoms with Crippen molar-refractivity contribution >= 4 is 34.1 Å². The summed E-state index contributed by atoms with van der Waals surface area (Å²) in [5.41, 5.74) is 2.59. The van der Waals surface area contributed by atoms with Crippen LogP contribution in [0.2, 0.25) is 5.02 Å². The number of nitrogens with one attached hydrogen (secondary N) is 1. The lowest BCUT2D eigenvalue weighted by Gasteiger charge is -2.17. The Balaban J connectivity index is 1.85. The number of carbonyl (C=O) groups excluding carboxylic acids is 1. The zero-order chi connectivity index (χ0) is 18.0. The molecule has 2 aromatic carbocycles. The van der Waals surface area contributed by atoms with E-state index in [0.717, 1.165) is 27.9 Å². The summed E-state index contributed by atoms with van der Waals surface area (Å²) in [6, 6.07) is 13.0. The molecule has 0 aliphatic carbocycles. The fourth-order valence-corrected chi connectivity index (χ4v) is 3.02. The standard InChI is InChI=1S/C20H21ClN2O2/c1-4-25-16-8-9-19-15(12-16)10-11-23(19)14(3)20(24)22-18-7-5-6-17(21)13(18)2/h5-12,14H,4H2,1-3H3,(H,22,24). The first-order chi connectivity index (χ1) is 12.0. The van der Waals surface area contributed by atoms with Crippen LogP contribution in [0.15, 0.2) is 48.7 Å². The van der Waals surface area contributed by atoms with E-state index in [0.29, 0.717) is 11.6 Å². The van der Waals surface area contributed by atoms with Gasteiger partial charge in [-0.15, -0.1) is 0 Å². The van der Waals surface area contributed by atoms with Crippen LogP contribution < -0.4 is 10.1 Å². The lowest BCUT2D eigenvalue weighted by molar-refractivity contribution is -0.118. The number of hydrogen-bond donors (Lipinski definition) is 1. The number of carbonyl (C=O) groups is 1. The van der Waals surface area contributed by atoms with Crippen LogP contribution in [0.25, 0.3) is 10.9 Å². The van der Waals surface area contributed by atoms with Gasteiger partial charge in [-0.1, -0.05) is 17.7 Å². The molecule has 0 saturated carbocycles. The van der Waals surface area contributed by atoms with Gasteiger partial charge in [-0.05, 0) is 62.7 Å². The SMILES string of the molecule is CCOc1ccc2c(ccn2C(C)C(=O)Nc2cccc(Cl)c2C)c1. The van der Waals surface area contributed by atoms with Gasteiger partial charge in [-0.25, -0.2) is 0 Å². The van der Waals surface area contributed by atoms with E-state index in [-0.39, 0.29) is 11.9 Å². The summed E-state index contributed by atoms with van der Waals surface area (Å²) in [5, 5.41) is 4.65. The number of nitrogens with zero attached hydrogens (tertiary/aromatic N) is 1. The van der Waals surface area contributed by atoms with E-state index in [2.05, 4.69) is 5.32 Å². The minimum absolute atomic E-state index is 0.0863. The van der Waals surface area contributed by atoms with Crippen molar-refractivity contribution in [2.24, 2.45) is 0 Å². The number of aromatic nitrogens is 1. The van der Waals surface area contributed by atoms with Crippen LogP contribution in [0.5, 0.6) is 5.75 Å². The highest BCUT2D eigenvalue weighted by Gasteiger charge is 2.18. The van der Waals surface area contributed by atoms with E-state index in [4.69, 9.17) is 16.3 Å². The largest absolute Gasteiger partial charge is 0.494 e. The molecule has 1 N–H and O–H groups in total. The normalized spacial score (nSPS) is 12.2. The molecule has 0 saturated heterocycles. The number of rotatable bonds is 5. The number of amides is 1. The quantitative estimate of drug-likeness (QED) is 0.682. The molecule has 1 heterocycles. The van der Waals surface area contributed by atoms with Crippen molar-refractivity contribution in [3.8, 4) is 5.75 Å². The number of hydrogen-bond acceptors (Lipinski definition) is 2. The highest BCUT2D eigenvalue weighted by molar-refractivity contribution is 6.31. The predicted octanol–water partition coefficient (Wildman–Crippen LogP) is 5.20. The minimum Gasteiger partial charge on any atom is -0.494 e. The molecule has 25 heavy (non-hydrogen) atoms. The fraction of sp³-hybridized carbons (Fsp3) is 0.250. The summed E-state index contributed by atoms with van der Waals surface area (Å²) >= 11 is 6.13. The monoisotopic (exact) mass is 356 g/mol. The zero-order valence-electron chi connectivity index (χ0n) is 14.5. The molecular weight excluding hydrogens is 336 g/mol. The topological polar surface area (TPSA) is 43.3 Å². The van der Waals surface area contributed by atoms with Gasteiger partial charge in [-0.3, -0.25) is 4.79 Å². The summed E-state index contributed by atoms with van der Waals surface area (Å²) in [7, 11) is 0. The van der Waals surface area contributed by atoms with Gasteiger partial charge in [0.05, 0.1) is 6.61 Å². The number of ether oxygens (including phenoxy) is 1. The second-order valence-corrected chi connectivity index (χ2v) is 6.36. The maximum Gasteiger partial charge on any atom is 0.247 e. The number of benzene rings is 2. The third kappa shape index (κ3) is 3.49. The van der Waals surface area contributed by atoms with E-state index >= 15 is 0 Å². The molecule has 0 bridgehead atoms. The van der Waals surface area contributed by atoms with E-state index < -0.39 is 0 Å². The summed E-state index contributed by atoms with van der Waals surface area (Å²) < 4.78 is 7.49. The van der Waals surface area contributed by atoms with Gasteiger partial charge in [0.15, 0.2) is 0 Å². The Labute approximate surface area is 152 Å². The predicted molar refractivity (Wildman–Crippen MR) is 103 cm³/mol. The Morgan fingerprint density at radius 3 is 2.84 bits per heavy atom. The van der Waals surface area contributed by atoms with Crippen LogP contribution in [0.1, 0.15) is 25.5 Å². The van der Waals surface area contributed by atoms with E-state index in [1.54, 1.807) is 0 Å². The lowest BCUT2D eigenvalue weighted by atomic mass is 10.2. The Kier molecular flexibility index (Phi) is 5.00. The van der Waals surface area contributed by atoms with E-state index in [1.165, 1.54) is 0 Å². The summed E-state index contributed by atoms with van der Waals surface area (Å²) in [6.07, 6.45) is 1.93. The summed E-state index contributed by atoms with van der Waals surface area (Å²) in [4.78, 5) is 12.7. The Morgan fingerprint density at radius 1 is 1.28 bits per heavy atom. The average Bonchev–Trinajstić information content (AvgIpc) is 3.01.